The molecule has 1 aliphatic rings. The Morgan fingerprint density at radius 1 is 1.09 bits per heavy atom. The molecule has 1 heterocycles. The first kappa shape index (κ1) is 16.3. The number of carbonyl (C=O) groups is 1. The van der Waals surface area contributed by atoms with Crippen molar-refractivity contribution in [2.75, 3.05) is 23.3 Å². The first-order valence-electron chi connectivity index (χ1n) is 7.75. The number of anilines is 2. The lowest BCUT2D eigenvalue weighted by molar-refractivity contribution is 0.102. The molecule has 0 bridgehead atoms. The van der Waals surface area contributed by atoms with Gasteiger partial charge in [-0.1, -0.05) is 33.6 Å². The number of nitrogens with one attached hydrogen (secondary N) is 1. The Morgan fingerprint density at radius 3 is 2.57 bits per heavy atom. The molecule has 2 aromatic carbocycles. The highest BCUT2D eigenvalue weighted by Gasteiger charge is 2.15. The summed E-state index contributed by atoms with van der Waals surface area (Å²) in [5.74, 6) is -0.145. The van der Waals surface area contributed by atoms with Crippen LogP contribution in [0.2, 0.25) is 5.02 Å². The zero-order valence-electron chi connectivity index (χ0n) is 12.7. The molecule has 0 atom stereocenters. The molecule has 1 amide bonds. The van der Waals surface area contributed by atoms with Gasteiger partial charge in [0, 0.05) is 28.8 Å². The monoisotopic (exact) mass is 392 g/mol. The van der Waals surface area contributed by atoms with Crippen molar-refractivity contribution in [3.05, 3.63) is 57.5 Å². The van der Waals surface area contributed by atoms with Crippen LogP contribution in [0.15, 0.2) is 46.9 Å². The molecule has 0 radical (unpaired) electrons. The van der Waals surface area contributed by atoms with Crippen LogP contribution in [0.5, 0.6) is 0 Å². The number of benzene rings is 2. The minimum atomic E-state index is -0.145. The SMILES string of the molecule is O=C(Nc1ccc(N2CCCCC2)c(Cl)c1)c1cccc(Br)c1. The number of hydrogen-bond donors (Lipinski definition) is 1. The Kier molecular flexibility index (Phi) is 5.23. The highest BCUT2D eigenvalue weighted by Crippen LogP contribution is 2.31. The van der Waals surface area contributed by atoms with E-state index in [0.717, 1.165) is 23.2 Å². The molecular weight excluding hydrogens is 376 g/mol. The van der Waals surface area contributed by atoms with Gasteiger partial charge in [0.15, 0.2) is 0 Å². The third-order valence-electron chi connectivity index (χ3n) is 3.99. The predicted octanol–water partition coefficient (Wildman–Crippen LogP) is 5.35. The van der Waals surface area contributed by atoms with Gasteiger partial charge in [-0.15, -0.1) is 0 Å². The van der Waals surface area contributed by atoms with E-state index in [0.29, 0.717) is 16.3 Å². The first-order valence-corrected chi connectivity index (χ1v) is 8.92. The van der Waals surface area contributed by atoms with E-state index in [1.807, 2.05) is 30.3 Å². The summed E-state index contributed by atoms with van der Waals surface area (Å²) in [5.41, 5.74) is 2.36. The standard InChI is InChI=1S/C18H18BrClN2O/c19-14-6-4-5-13(11-14)18(23)21-15-7-8-17(16(20)12-15)22-9-2-1-3-10-22/h4-8,11-12H,1-3,9-10H2,(H,21,23). The minimum Gasteiger partial charge on any atom is -0.370 e. The molecule has 1 saturated heterocycles. The molecule has 0 spiro atoms. The average molecular weight is 394 g/mol. The lowest BCUT2D eigenvalue weighted by atomic mass is 10.1. The fraction of sp³-hybridized carbons (Fsp3) is 0.278. The maximum absolute atomic E-state index is 12.3. The topological polar surface area (TPSA) is 32.3 Å². The first-order chi connectivity index (χ1) is 11.1. The van der Waals surface area contributed by atoms with Gasteiger partial charge in [0.1, 0.15) is 0 Å². The van der Waals surface area contributed by atoms with Gasteiger partial charge in [0.2, 0.25) is 0 Å². The Bertz CT molecular complexity index is 714. The van der Waals surface area contributed by atoms with Crippen LogP contribution in [0.3, 0.4) is 0 Å². The normalized spacial score (nSPS) is 14.6. The van der Waals surface area contributed by atoms with Crippen LogP contribution >= 0.6 is 27.5 Å². The average Bonchev–Trinajstić information content (AvgIpc) is 2.56. The molecule has 1 aliphatic heterocycles. The van der Waals surface area contributed by atoms with E-state index in [1.165, 1.54) is 19.3 Å². The van der Waals surface area contributed by atoms with E-state index in [4.69, 9.17) is 11.6 Å². The van der Waals surface area contributed by atoms with Crippen molar-refractivity contribution in [2.24, 2.45) is 0 Å². The van der Waals surface area contributed by atoms with Crippen LogP contribution < -0.4 is 10.2 Å². The molecule has 5 heteroatoms. The third-order valence-corrected chi connectivity index (χ3v) is 4.79. The van der Waals surface area contributed by atoms with Gasteiger partial charge in [0.25, 0.3) is 5.91 Å². The van der Waals surface area contributed by atoms with E-state index in [1.54, 1.807) is 12.1 Å². The minimum absolute atomic E-state index is 0.145. The molecule has 23 heavy (non-hydrogen) atoms. The van der Waals surface area contributed by atoms with Crippen LogP contribution in [0.25, 0.3) is 0 Å². The number of nitrogens with zero attached hydrogens (tertiary/aromatic N) is 1. The van der Waals surface area contributed by atoms with Crippen molar-refractivity contribution in [1.82, 2.24) is 0 Å². The molecular formula is C18H18BrClN2O. The van der Waals surface area contributed by atoms with Crippen molar-refractivity contribution in [2.45, 2.75) is 19.3 Å². The van der Waals surface area contributed by atoms with Crippen molar-refractivity contribution in [1.29, 1.82) is 0 Å². The summed E-state index contributed by atoms with van der Waals surface area (Å²) in [4.78, 5) is 14.6. The maximum Gasteiger partial charge on any atom is 0.255 e. The summed E-state index contributed by atoms with van der Waals surface area (Å²) in [5, 5.41) is 3.57. The predicted molar refractivity (Wildman–Crippen MR) is 99.6 cm³/mol. The summed E-state index contributed by atoms with van der Waals surface area (Å²) >= 11 is 9.79. The number of carbonyl (C=O) groups excluding carboxylic acids is 1. The summed E-state index contributed by atoms with van der Waals surface area (Å²) < 4.78 is 0.878. The third kappa shape index (κ3) is 4.06. The van der Waals surface area contributed by atoms with Gasteiger partial charge < -0.3 is 10.2 Å². The fourth-order valence-corrected chi connectivity index (χ4v) is 3.51. The summed E-state index contributed by atoms with van der Waals surface area (Å²) in [6.07, 6.45) is 3.70. The number of halogens is 2. The van der Waals surface area contributed by atoms with E-state index in [-0.39, 0.29) is 5.91 Å². The Balaban J connectivity index is 1.73. The van der Waals surface area contributed by atoms with Crippen LogP contribution in [-0.2, 0) is 0 Å². The molecule has 0 aromatic heterocycles. The highest BCUT2D eigenvalue weighted by atomic mass is 79.9. The second-order valence-electron chi connectivity index (χ2n) is 5.68. The van der Waals surface area contributed by atoms with Crippen LogP contribution in [0, 0.1) is 0 Å². The van der Waals surface area contributed by atoms with E-state index in [2.05, 4.69) is 26.1 Å². The van der Waals surface area contributed by atoms with E-state index >= 15 is 0 Å². The van der Waals surface area contributed by atoms with Crippen LogP contribution in [-0.4, -0.2) is 19.0 Å². The number of hydrogen-bond acceptors (Lipinski definition) is 2. The number of piperidine rings is 1. The lowest BCUT2D eigenvalue weighted by Gasteiger charge is -2.29. The largest absolute Gasteiger partial charge is 0.370 e. The molecule has 0 aliphatic carbocycles. The second-order valence-corrected chi connectivity index (χ2v) is 7.00. The number of amides is 1. The van der Waals surface area contributed by atoms with E-state index in [9.17, 15) is 4.79 Å². The van der Waals surface area contributed by atoms with Gasteiger partial charge in [-0.05, 0) is 55.7 Å². The van der Waals surface area contributed by atoms with Gasteiger partial charge in [-0.2, -0.15) is 0 Å². The Morgan fingerprint density at radius 2 is 1.87 bits per heavy atom. The Labute approximate surface area is 149 Å². The van der Waals surface area contributed by atoms with Crippen molar-refractivity contribution in [3.8, 4) is 0 Å². The highest BCUT2D eigenvalue weighted by molar-refractivity contribution is 9.10. The van der Waals surface area contributed by atoms with Crippen molar-refractivity contribution in [3.63, 3.8) is 0 Å². The smallest absolute Gasteiger partial charge is 0.255 e. The summed E-state index contributed by atoms with van der Waals surface area (Å²) in [7, 11) is 0. The van der Waals surface area contributed by atoms with Crippen LogP contribution in [0.1, 0.15) is 29.6 Å². The van der Waals surface area contributed by atoms with Crippen molar-refractivity contribution < 1.29 is 4.79 Å². The molecule has 3 nitrogen and oxygen atoms in total. The summed E-state index contributed by atoms with van der Waals surface area (Å²) in [6.45, 7) is 2.09. The quantitative estimate of drug-likeness (QED) is 0.763. The molecule has 2 aromatic rings. The van der Waals surface area contributed by atoms with Gasteiger partial charge in [-0.3, -0.25) is 4.79 Å². The maximum atomic E-state index is 12.3. The molecule has 0 unspecified atom stereocenters. The molecule has 1 N–H and O–H groups in total. The summed E-state index contributed by atoms with van der Waals surface area (Å²) in [6, 6.07) is 13.0. The lowest BCUT2D eigenvalue weighted by Crippen LogP contribution is -2.29. The zero-order chi connectivity index (χ0) is 16.2. The fourth-order valence-electron chi connectivity index (χ4n) is 2.81. The molecule has 3 rings (SSSR count). The molecule has 120 valence electrons. The second kappa shape index (κ2) is 7.37. The van der Waals surface area contributed by atoms with E-state index < -0.39 is 0 Å². The van der Waals surface area contributed by atoms with Gasteiger partial charge in [-0.25, -0.2) is 0 Å². The number of rotatable bonds is 3. The molecule has 1 fully saturated rings. The van der Waals surface area contributed by atoms with Gasteiger partial charge >= 0.3 is 0 Å². The van der Waals surface area contributed by atoms with Gasteiger partial charge in [0.05, 0.1) is 10.7 Å². The van der Waals surface area contributed by atoms with Crippen molar-refractivity contribution >= 4 is 44.8 Å². The Hall–Kier alpha value is -1.52. The zero-order valence-corrected chi connectivity index (χ0v) is 15.0. The molecule has 0 saturated carbocycles. The van der Waals surface area contributed by atoms with Crippen LogP contribution in [0.4, 0.5) is 11.4 Å².